The van der Waals surface area contributed by atoms with Gasteiger partial charge in [0, 0.05) is 36.9 Å². The maximum absolute atomic E-state index is 6.08. The van der Waals surface area contributed by atoms with Gasteiger partial charge in [0.05, 0.1) is 12.6 Å². The third-order valence-corrected chi connectivity index (χ3v) is 5.89. The quantitative estimate of drug-likeness (QED) is 0.830. The number of amidine groups is 1. The zero-order valence-corrected chi connectivity index (χ0v) is 15.5. The maximum Gasteiger partial charge on any atom is 0.213 e. The number of allylic oxidation sites excluding steroid dienone is 4. The Kier molecular flexibility index (Phi) is 4.45. The van der Waals surface area contributed by atoms with Crippen LogP contribution in [0, 0.1) is 0 Å². The van der Waals surface area contributed by atoms with Crippen molar-refractivity contribution in [3.05, 3.63) is 47.7 Å². The Hall–Kier alpha value is -2.18. The molecule has 1 fully saturated rings. The van der Waals surface area contributed by atoms with Crippen molar-refractivity contribution in [2.24, 2.45) is 15.7 Å². The Bertz CT molecular complexity index is 784. The Morgan fingerprint density at radius 3 is 2.93 bits per heavy atom. The Balaban J connectivity index is 1.39. The summed E-state index contributed by atoms with van der Waals surface area (Å²) in [5.41, 5.74) is 8.45. The number of nitrogens with zero attached hydrogens (tertiary/aromatic N) is 3. The first-order valence-electron chi connectivity index (χ1n) is 9.98. The molecule has 2 N–H and O–H groups in total. The van der Waals surface area contributed by atoms with Gasteiger partial charge in [-0.1, -0.05) is 24.3 Å². The molecule has 0 aromatic rings. The van der Waals surface area contributed by atoms with E-state index >= 15 is 0 Å². The van der Waals surface area contributed by atoms with Crippen LogP contribution in [-0.4, -0.2) is 60.6 Å². The van der Waals surface area contributed by atoms with E-state index in [1.54, 1.807) is 0 Å². The molecular formula is C21H26N4O2. The molecule has 5 rings (SSSR count). The predicted octanol–water partition coefficient (Wildman–Crippen LogP) is 2.10. The topological polar surface area (TPSA) is 72.4 Å². The first-order chi connectivity index (χ1) is 13.3. The monoisotopic (exact) mass is 366 g/mol. The molecule has 0 radical (unpaired) electrons. The second-order valence-electron chi connectivity index (χ2n) is 7.60. The van der Waals surface area contributed by atoms with Gasteiger partial charge >= 0.3 is 0 Å². The average Bonchev–Trinajstić information content (AvgIpc) is 3.19. The maximum atomic E-state index is 6.08. The van der Waals surface area contributed by atoms with Gasteiger partial charge in [-0.2, -0.15) is 0 Å². The summed E-state index contributed by atoms with van der Waals surface area (Å²) in [7, 11) is 0. The highest BCUT2D eigenvalue weighted by Crippen LogP contribution is 2.36. The second kappa shape index (κ2) is 7.09. The lowest BCUT2D eigenvalue weighted by Gasteiger charge is -2.32. The average molecular weight is 366 g/mol. The molecule has 4 unspecified atom stereocenters. The summed E-state index contributed by atoms with van der Waals surface area (Å²) in [6.07, 6.45) is 16.7. The van der Waals surface area contributed by atoms with Crippen molar-refractivity contribution in [3.8, 4) is 0 Å². The molecule has 5 aliphatic rings. The number of fused-ring (bicyclic) bond motifs is 2. The fourth-order valence-corrected chi connectivity index (χ4v) is 4.55. The Morgan fingerprint density at radius 2 is 2.04 bits per heavy atom. The molecule has 0 bridgehead atoms. The number of hydrogen-bond donors (Lipinski definition) is 1. The summed E-state index contributed by atoms with van der Waals surface area (Å²) in [5.74, 6) is 1.77. The molecule has 2 aliphatic carbocycles. The van der Waals surface area contributed by atoms with Crippen LogP contribution in [0.3, 0.4) is 0 Å². The zero-order valence-electron chi connectivity index (χ0n) is 15.5. The molecule has 1 saturated heterocycles. The summed E-state index contributed by atoms with van der Waals surface area (Å²) in [5, 5.41) is 0. The predicted molar refractivity (Wildman–Crippen MR) is 106 cm³/mol. The fraction of sp³-hybridized carbons (Fsp3) is 0.524. The lowest BCUT2D eigenvalue weighted by molar-refractivity contribution is 0.140. The molecule has 0 saturated carbocycles. The normalized spacial score (nSPS) is 34.8. The third kappa shape index (κ3) is 3.07. The van der Waals surface area contributed by atoms with Crippen molar-refractivity contribution in [3.63, 3.8) is 0 Å². The van der Waals surface area contributed by atoms with Crippen LogP contribution in [0.15, 0.2) is 57.7 Å². The van der Waals surface area contributed by atoms with E-state index in [4.69, 9.17) is 25.2 Å². The van der Waals surface area contributed by atoms with Gasteiger partial charge < -0.3 is 20.1 Å². The van der Waals surface area contributed by atoms with Crippen molar-refractivity contribution in [1.29, 1.82) is 0 Å². The van der Waals surface area contributed by atoms with Crippen molar-refractivity contribution in [1.82, 2.24) is 4.90 Å². The molecule has 27 heavy (non-hydrogen) atoms. The van der Waals surface area contributed by atoms with E-state index < -0.39 is 0 Å². The molecule has 3 aliphatic heterocycles. The van der Waals surface area contributed by atoms with Crippen LogP contribution in [0.2, 0.25) is 0 Å². The summed E-state index contributed by atoms with van der Waals surface area (Å²) < 4.78 is 11.7. The van der Waals surface area contributed by atoms with Crippen LogP contribution in [0.25, 0.3) is 0 Å². The van der Waals surface area contributed by atoms with Crippen LogP contribution >= 0.6 is 0 Å². The summed E-state index contributed by atoms with van der Waals surface area (Å²) in [6, 6.07) is 0.650. The number of hydrogen-bond acceptors (Lipinski definition) is 6. The second-order valence-corrected chi connectivity index (χ2v) is 7.60. The van der Waals surface area contributed by atoms with E-state index in [1.807, 2.05) is 12.2 Å². The highest BCUT2D eigenvalue weighted by Gasteiger charge is 2.38. The standard InChI is InChI=1S/C21H26N4O2/c22-13-20-23-17-12-14(21-24-16-5-1-2-6-19(16)27-21)7-8-18(17)25(20)15-4-3-10-26-11-9-15/h1-2,5-8,15-17,19H,3-4,9-13,22H2. The van der Waals surface area contributed by atoms with E-state index in [0.29, 0.717) is 12.6 Å². The summed E-state index contributed by atoms with van der Waals surface area (Å²) in [4.78, 5) is 12.1. The molecule has 0 amide bonds. The molecule has 0 aromatic heterocycles. The number of nitrogens with two attached hydrogens (primary N) is 1. The smallest absolute Gasteiger partial charge is 0.213 e. The molecule has 4 atom stereocenters. The van der Waals surface area contributed by atoms with E-state index in [0.717, 1.165) is 56.2 Å². The van der Waals surface area contributed by atoms with Gasteiger partial charge in [0.1, 0.15) is 18.0 Å². The Labute approximate surface area is 159 Å². The molecular weight excluding hydrogens is 340 g/mol. The van der Waals surface area contributed by atoms with Crippen molar-refractivity contribution in [2.45, 2.75) is 49.9 Å². The number of rotatable bonds is 3. The van der Waals surface area contributed by atoms with Crippen molar-refractivity contribution in [2.75, 3.05) is 19.8 Å². The minimum atomic E-state index is 0.0328. The van der Waals surface area contributed by atoms with E-state index in [-0.39, 0.29) is 18.2 Å². The van der Waals surface area contributed by atoms with Gasteiger partial charge in [0.25, 0.3) is 0 Å². The zero-order chi connectivity index (χ0) is 18.2. The summed E-state index contributed by atoms with van der Waals surface area (Å²) in [6.45, 7) is 2.14. The van der Waals surface area contributed by atoms with E-state index in [1.165, 1.54) is 5.70 Å². The molecule has 142 valence electrons. The summed E-state index contributed by atoms with van der Waals surface area (Å²) >= 11 is 0. The van der Waals surface area contributed by atoms with Crippen LogP contribution < -0.4 is 5.73 Å². The highest BCUT2D eigenvalue weighted by atomic mass is 16.5. The van der Waals surface area contributed by atoms with Crippen LogP contribution in [-0.2, 0) is 9.47 Å². The van der Waals surface area contributed by atoms with E-state index in [2.05, 4.69) is 29.2 Å². The van der Waals surface area contributed by atoms with Crippen LogP contribution in [0.1, 0.15) is 25.7 Å². The molecule has 6 heteroatoms. The van der Waals surface area contributed by atoms with Crippen LogP contribution in [0.5, 0.6) is 0 Å². The third-order valence-electron chi connectivity index (χ3n) is 5.89. The molecule has 3 heterocycles. The van der Waals surface area contributed by atoms with Gasteiger partial charge in [0.15, 0.2) is 0 Å². The minimum Gasteiger partial charge on any atom is -0.467 e. The molecule has 0 aromatic carbocycles. The highest BCUT2D eigenvalue weighted by molar-refractivity contribution is 5.97. The fourth-order valence-electron chi connectivity index (χ4n) is 4.55. The largest absolute Gasteiger partial charge is 0.467 e. The van der Waals surface area contributed by atoms with Crippen molar-refractivity contribution < 1.29 is 9.47 Å². The van der Waals surface area contributed by atoms with Gasteiger partial charge in [-0.05, 0) is 31.4 Å². The minimum absolute atomic E-state index is 0.0328. The van der Waals surface area contributed by atoms with Gasteiger partial charge in [-0.15, -0.1) is 0 Å². The lowest BCUT2D eigenvalue weighted by Crippen LogP contribution is -2.41. The van der Waals surface area contributed by atoms with Gasteiger partial charge in [-0.25, -0.2) is 4.99 Å². The molecule has 6 nitrogen and oxygen atoms in total. The first kappa shape index (κ1) is 17.0. The number of aliphatic imine (C=N–C) groups is 2. The lowest BCUT2D eigenvalue weighted by atomic mass is 9.96. The Morgan fingerprint density at radius 1 is 1.11 bits per heavy atom. The SMILES string of the molecule is NCC1=NC2CC(C3=NC4C=CC=CC4O3)=CC=C2N1C1CCCOCC1. The van der Waals surface area contributed by atoms with Gasteiger partial charge in [0.2, 0.25) is 5.90 Å². The first-order valence-corrected chi connectivity index (χ1v) is 9.98. The van der Waals surface area contributed by atoms with Crippen LogP contribution in [0.4, 0.5) is 0 Å². The number of ether oxygens (including phenoxy) is 2. The van der Waals surface area contributed by atoms with E-state index in [9.17, 15) is 0 Å². The van der Waals surface area contributed by atoms with Crippen molar-refractivity contribution >= 4 is 11.7 Å². The van der Waals surface area contributed by atoms with Gasteiger partial charge in [-0.3, -0.25) is 4.99 Å². The molecule has 0 spiro atoms.